The van der Waals surface area contributed by atoms with Crippen molar-refractivity contribution in [2.45, 2.75) is 26.2 Å². The van der Waals surface area contributed by atoms with E-state index in [1.165, 1.54) is 26.2 Å². The number of piperidine rings is 1. The molecule has 0 spiro atoms. The lowest BCUT2D eigenvalue weighted by molar-refractivity contribution is 0.100. The number of hydrogen-bond acceptors (Lipinski definition) is 4. The third-order valence-corrected chi connectivity index (χ3v) is 3.67. The Morgan fingerprint density at radius 3 is 2.55 bits per heavy atom. The molecule has 110 valence electrons. The second kappa shape index (κ2) is 7.29. The highest BCUT2D eigenvalue weighted by Gasteiger charge is 2.15. The van der Waals surface area contributed by atoms with Gasteiger partial charge in [-0.15, -0.1) is 0 Å². The summed E-state index contributed by atoms with van der Waals surface area (Å²) in [6, 6.07) is 5.46. The Balaban J connectivity index is 1.96. The first-order chi connectivity index (χ1) is 9.72. The number of ketones is 1. The average Bonchev–Trinajstić information content (AvgIpc) is 2.47. The molecule has 0 aliphatic carbocycles. The highest BCUT2D eigenvalue weighted by molar-refractivity contribution is 5.99. The van der Waals surface area contributed by atoms with Crippen molar-refractivity contribution >= 4 is 5.78 Å². The van der Waals surface area contributed by atoms with Gasteiger partial charge in [-0.3, -0.25) is 9.69 Å². The van der Waals surface area contributed by atoms with Crippen LogP contribution in [0.4, 0.5) is 0 Å². The second-order valence-corrected chi connectivity index (χ2v) is 5.14. The lowest BCUT2D eigenvalue weighted by atomic mass is 10.1. The highest BCUT2D eigenvalue weighted by Crippen LogP contribution is 2.28. The Hall–Kier alpha value is -1.55. The first-order valence-electron chi connectivity index (χ1n) is 7.25. The molecule has 1 aliphatic rings. The van der Waals surface area contributed by atoms with E-state index in [1.54, 1.807) is 13.2 Å². The monoisotopic (exact) mass is 277 g/mol. The average molecular weight is 277 g/mol. The SMILES string of the molecule is COc1cccc(OCCN2CCCCC2)c1C(C)=O. The molecule has 2 rings (SSSR count). The maximum Gasteiger partial charge on any atom is 0.167 e. The maximum atomic E-state index is 11.7. The summed E-state index contributed by atoms with van der Waals surface area (Å²) >= 11 is 0. The number of rotatable bonds is 6. The van der Waals surface area contributed by atoms with Gasteiger partial charge in [0.15, 0.2) is 5.78 Å². The molecule has 1 aliphatic heterocycles. The number of benzene rings is 1. The summed E-state index contributed by atoms with van der Waals surface area (Å²) in [4.78, 5) is 14.2. The zero-order chi connectivity index (χ0) is 14.4. The minimum Gasteiger partial charge on any atom is -0.496 e. The Morgan fingerprint density at radius 1 is 1.20 bits per heavy atom. The second-order valence-electron chi connectivity index (χ2n) is 5.14. The van der Waals surface area contributed by atoms with Gasteiger partial charge < -0.3 is 9.47 Å². The third-order valence-electron chi connectivity index (χ3n) is 3.67. The number of ether oxygens (including phenoxy) is 2. The zero-order valence-corrected chi connectivity index (χ0v) is 12.4. The van der Waals surface area contributed by atoms with Crippen LogP contribution in [0.1, 0.15) is 36.5 Å². The van der Waals surface area contributed by atoms with E-state index in [-0.39, 0.29) is 5.78 Å². The summed E-state index contributed by atoms with van der Waals surface area (Å²) in [6.07, 6.45) is 3.89. The number of carbonyl (C=O) groups is 1. The van der Waals surface area contributed by atoms with Crippen molar-refractivity contribution in [1.82, 2.24) is 4.90 Å². The lowest BCUT2D eigenvalue weighted by Crippen LogP contribution is -2.33. The molecule has 20 heavy (non-hydrogen) atoms. The van der Waals surface area contributed by atoms with Gasteiger partial charge in [0.25, 0.3) is 0 Å². The summed E-state index contributed by atoms with van der Waals surface area (Å²) in [7, 11) is 1.57. The minimum atomic E-state index is -0.0320. The molecule has 1 aromatic carbocycles. The van der Waals surface area contributed by atoms with E-state index in [1.807, 2.05) is 12.1 Å². The fourth-order valence-corrected chi connectivity index (χ4v) is 2.62. The molecule has 1 heterocycles. The van der Waals surface area contributed by atoms with Gasteiger partial charge in [0.05, 0.1) is 7.11 Å². The Morgan fingerprint density at radius 2 is 1.90 bits per heavy atom. The quantitative estimate of drug-likeness (QED) is 0.749. The smallest absolute Gasteiger partial charge is 0.167 e. The van der Waals surface area contributed by atoms with Gasteiger partial charge in [-0.1, -0.05) is 12.5 Å². The molecular weight excluding hydrogens is 254 g/mol. The molecule has 0 radical (unpaired) electrons. The predicted octanol–water partition coefficient (Wildman–Crippen LogP) is 2.76. The lowest BCUT2D eigenvalue weighted by Gasteiger charge is -2.26. The van der Waals surface area contributed by atoms with Crippen LogP contribution in [-0.2, 0) is 0 Å². The topological polar surface area (TPSA) is 38.8 Å². The summed E-state index contributed by atoms with van der Waals surface area (Å²) in [5, 5.41) is 0. The number of carbonyl (C=O) groups excluding carboxylic acids is 1. The molecule has 0 saturated carbocycles. The number of likely N-dealkylation sites (tertiary alicyclic amines) is 1. The minimum absolute atomic E-state index is 0.0320. The predicted molar refractivity (Wildman–Crippen MR) is 78.8 cm³/mol. The molecule has 0 amide bonds. The van der Waals surface area contributed by atoms with Crippen LogP contribution >= 0.6 is 0 Å². The van der Waals surface area contributed by atoms with Gasteiger partial charge in [0.2, 0.25) is 0 Å². The van der Waals surface area contributed by atoms with Gasteiger partial charge >= 0.3 is 0 Å². The maximum absolute atomic E-state index is 11.7. The van der Waals surface area contributed by atoms with Crippen LogP contribution in [0.5, 0.6) is 11.5 Å². The molecule has 0 atom stereocenters. The van der Waals surface area contributed by atoms with Gasteiger partial charge in [-0.2, -0.15) is 0 Å². The van der Waals surface area contributed by atoms with Crippen LogP contribution < -0.4 is 9.47 Å². The first-order valence-corrected chi connectivity index (χ1v) is 7.25. The van der Waals surface area contributed by atoms with Crippen LogP contribution in [0.2, 0.25) is 0 Å². The van der Waals surface area contributed by atoms with Gasteiger partial charge in [0, 0.05) is 6.54 Å². The molecule has 1 saturated heterocycles. The number of methoxy groups -OCH3 is 1. The first kappa shape index (κ1) is 14.9. The van der Waals surface area contributed by atoms with Crippen molar-refractivity contribution in [3.63, 3.8) is 0 Å². The fraction of sp³-hybridized carbons (Fsp3) is 0.562. The number of Topliss-reactive ketones (excluding diaryl/α,β-unsaturated/α-hetero) is 1. The molecule has 0 bridgehead atoms. The summed E-state index contributed by atoms with van der Waals surface area (Å²) in [6.45, 7) is 5.36. The summed E-state index contributed by atoms with van der Waals surface area (Å²) < 4.78 is 11.0. The molecule has 4 nitrogen and oxygen atoms in total. The molecule has 0 aromatic heterocycles. The standard InChI is InChI=1S/C16H23NO3/c1-13(18)16-14(19-2)7-6-8-15(16)20-12-11-17-9-4-3-5-10-17/h6-8H,3-5,9-12H2,1-2H3. The number of hydrogen-bond donors (Lipinski definition) is 0. The molecule has 4 heteroatoms. The molecule has 1 fully saturated rings. The largest absolute Gasteiger partial charge is 0.496 e. The van der Waals surface area contributed by atoms with Crippen LogP contribution in [-0.4, -0.2) is 44.0 Å². The molecule has 0 unspecified atom stereocenters. The Kier molecular flexibility index (Phi) is 5.41. The van der Waals surface area contributed by atoms with Crippen LogP contribution in [0, 0.1) is 0 Å². The van der Waals surface area contributed by atoms with Crippen LogP contribution in [0.15, 0.2) is 18.2 Å². The van der Waals surface area contributed by atoms with Crippen molar-refractivity contribution in [2.75, 3.05) is 33.4 Å². The van der Waals surface area contributed by atoms with E-state index in [4.69, 9.17) is 9.47 Å². The summed E-state index contributed by atoms with van der Waals surface area (Å²) in [5.41, 5.74) is 0.536. The molecular formula is C16H23NO3. The van der Waals surface area contributed by atoms with Crippen LogP contribution in [0.25, 0.3) is 0 Å². The van der Waals surface area contributed by atoms with E-state index in [9.17, 15) is 4.79 Å². The van der Waals surface area contributed by atoms with E-state index >= 15 is 0 Å². The normalized spacial score (nSPS) is 15.9. The van der Waals surface area contributed by atoms with Crippen molar-refractivity contribution in [1.29, 1.82) is 0 Å². The zero-order valence-electron chi connectivity index (χ0n) is 12.4. The van der Waals surface area contributed by atoms with Crippen molar-refractivity contribution in [3.05, 3.63) is 23.8 Å². The van der Waals surface area contributed by atoms with E-state index < -0.39 is 0 Å². The fourth-order valence-electron chi connectivity index (χ4n) is 2.62. The van der Waals surface area contributed by atoms with Crippen molar-refractivity contribution in [3.8, 4) is 11.5 Å². The Bertz CT molecular complexity index is 453. The Labute approximate surface area is 120 Å². The van der Waals surface area contributed by atoms with E-state index in [2.05, 4.69) is 4.90 Å². The molecule has 0 N–H and O–H groups in total. The number of nitrogens with zero attached hydrogens (tertiary/aromatic N) is 1. The van der Waals surface area contributed by atoms with Gasteiger partial charge in [0.1, 0.15) is 23.7 Å². The van der Waals surface area contributed by atoms with Crippen molar-refractivity contribution < 1.29 is 14.3 Å². The van der Waals surface area contributed by atoms with Crippen LogP contribution in [0.3, 0.4) is 0 Å². The summed E-state index contributed by atoms with van der Waals surface area (Å²) in [5.74, 6) is 1.16. The molecule has 1 aromatic rings. The highest BCUT2D eigenvalue weighted by atomic mass is 16.5. The van der Waals surface area contributed by atoms with Gasteiger partial charge in [-0.05, 0) is 45.0 Å². The third kappa shape index (κ3) is 3.73. The van der Waals surface area contributed by atoms with Gasteiger partial charge in [-0.25, -0.2) is 0 Å². The van der Waals surface area contributed by atoms with E-state index in [0.29, 0.717) is 23.7 Å². The van der Waals surface area contributed by atoms with Crippen molar-refractivity contribution in [2.24, 2.45) is 0 Å². The van der Waals surface area contributed by atoms with E-state index in [0.717, 1.165) is 19.6 Å².